The number of rotatable bonds is 2. The summed E-state index contributed by atoms with van der Waals surface area (Å²) < 4.78 is 1.09. The number of hydrogen-bond acceptors (Lipinski definition) is 3. The van der Waals surface area contributed by atoms with Crippen molar-refractivity contribution >= 4 is 50.9 Å². The molecule has 1 aromatic heterocycles. The summed E-state index contributed by atoms with van der Waals surface area (Å²) in [4.78, 5) is 26.3. The number of carbonyl (C=O) groups excluding carboxylic acids is 2. The highest BCUT2D eigenvalue weighted by Gasteiger charge is 2.27. The lowest BCUT2D eigenvalue weighted by Gasteiger charge is -2.31. The lowest BCUT2D eigenvalue weighted by molar-refractivity contribution is -0.139. The van der Waals surface area contributed by atoms with Gasteiger partial charge in [-0.05, 0) is 19.1 Å². The number of carbonyl (C=O) groups is 2. The predicted molar refractivity (Wildman–Crippen MR) is 90.1 cm³/mol. The smallest absolute Gasteiger partial charge is 0.247 e. The van der Waals surface area contributed by atoms with Gasteiger partial charge in [-0.3, -0.25) is 9.59 Å². The van der Waals surface area contributed by atoms with Crippen molar-refractivity contribution < 1.29 is 9.59 Å². The number of nitrogens with one attached hydrogen (secondary N) is 1. The SMILES string of the molecule is CC1C(=O)NCCN1C(=O)/C=C/c1sc2ccccc2c1Cl. The Bertz CT molecular complexity index is 769. The molecule has 0 aliphatic carbocycles. The van der Waals surface area contributed by atoms with Crippen LogP contribution >= 0.6 is 22.9 Å². The molecule has 1 aliphatic rings. The van der Waals surface area contributed by atoms with Crippen LogP contribution in [0.2, 0.25) is 5.02 Å². The molecule has 2 aromatic rings. The van der Waals surface area contributed by atoms with Gasteiger partial charge in [-0.1, -0.05) is 29.8 Å². The Labute approximate surface area is 137 Å². The fourth-order valence-electron chi connectivity index (χ4n) is 2.47. The number of fused-ring (bicyclic) bond motifs is 1. The highest BCUT2D eigenvalue weighted by molar-refractivity contribution is 7.20. The first kappa shape index (κ1) is 15.1. The van der Waals surface area contributed by atoms with E-state index in [1.165, 1.54) is 6.08 Å². The number of hydrogen-bond donors (Lipinski definition) is 1. The van der Waals surface area contributed by atoms with Crippen molar-refractivity contribution in [1.82, 2.24) is 10.2 Å². The van der Waals surface area contributed by atoms with Crippen LogP contribution in [0.25, 0.3) is 16.2 Å². The van der Waals surface area contributed by atoms with Gasteiger partial charge in [0.05, 0.1) is 5.02 Å². The molecule has 1 fully saturated rings. The lowest BCUT2D eigenvalue weighted by Crippen LogP contribution is -2.55. The molecule has 0 radical (unpaired) electrons. The summed E-state index contributed by atoms with van der Waals surface area (Å²) in [6.07, 6.45) is 3.22. The summed E-state index contributed by atoms with van der Waals surface area (Å²) in [6, 6.07) is 7.42. The molecule has 1 unspecified atom stereocenters. The molecule has 1 atom stereocenters. The fraction of sp³-hybridized carbons (Fsp3) is 0.250. The van der Waals surface area contributed by atoms with Crippen molar-refractivity contribution in [3.63, 3.8) is 0 Å². The molecule has 1 aromatic carbocycles. The van der Waals surface area contributed by atoms with Crippen LogP contribution in [0.4, 0.5) is 0 Å². The van der Waals surface area contributed by atoms with Crippen molar-refractivity contribution in [3.05, 3.63) is 40.2 Å². The van der Waals surface area contributed by atoms with Gasteiger partial charge in [-0.25, -0.2) is 0 Å². The van der Waals surface area contributed by atoms with Crippen molar-refractivity contribution in [3.8, 4) is 0 Å². The second-order valence-corrected chi connectivity index (χ2v) is 6.57. The Hall–Kier alpha value is -1.85. The van der Waals surface area contributed by atoms with Gasteiger partial charge in [0.25, 0.3) is 0 Å². The molecular formula is C16H15ClN2O2S. The summed E-state index contributed by atoms with van der Waals surface area (Å²) in [5.74, 6) is -0.288. The quantitative estimate of drug-likeness (QED) is 0.858. The maximum absolute atomic E-state index is 12.3. The predicted octanol–water partition coefficient (Wildman–Crippen LogP) is 2.91. The monoisotopic (exact) mass is 334 g/mol. The summed E-state index contributed by atoms with van der Waals surface area (Å²) in [7, 11) is 0. The van der Waals surface area contributed by atoms with Crippen LogP contribution in [-0.4, -0.2) is 35.8 Å². The number of amides is 2. The number of thiophene rings is 1. The van der Waals surface area contributed by atoms with Gasteiger partial charge in [0, 0.05) is 34.1 Å². The Balaban J connectivity index is 1.82. The van der Waals surface area contributed by atoms with Crippen LogP contribution in [-0.2, 0) is 9.59 Å². The molecule has 1 N–H and O–H groups in total. The maximum atomic E-state index is 12.3. The largest absolute Gasteiger partial charge is 0.353 e. The summed E-state index contributed by atoms with van der Waals surface area (Å²) in [5.41, 5.74) is 0. The maximum Gasteiger partial charge on any atom is 0.247 e. The third-order valence-corrected chi connectivity index (χ3v) is 5.37. The molecule has 2 heterocycles. The van der Waals surface area contributed by atoms with Crippen LogP contribution in [0.1, 0.15) is 11.8 Å². The molecule has 1 saturated heterocycles. The lowest BCUT2D eigenvalue weighted by atomic mass is 10.2. The van der Waals surface area contributed by atoms with Gasteiger partial charge in [0.2, 0.25) is 11.8 Å². The van der Waals surface area contributed by atoms with E-state index in [0.29, 0.717) is 18.1 Å². The Morgan fingerprint density at radius 3 is 3.00 bits per heavy atom. The molecule has 114 valence electrons. The van der Waals surface area contributed by atoms with E-state index in [4.69, 9.17) is 11.6 Å². The van der Waals surface area contributed by atoms with Gasteiger partial charge < -0.3 is 10.2 Å². The molecular weight excluding hydrogens is 320 g/mol. The van der Waals surface area contributed by atoms with Gasteiger partial charge in [0.15, 0.2) is 0 Å². The topological polar surface area (TPSA) is 49.4 Å². The van der Waals surface area contributed by atoms with E-state index in [1.807, 2.05) is 24.3 Å². The van der Waals surface area contributed by atoms with Gasteiger partial charge in [0.1, 0.15) is 6.04 Å². The molecule has 0 bridgehead atoms. The molecule has 6 heteroatoms. The highest BCUT2D eigenvalue weighted by Crippen LogP contribution is 2.35. The van der Waals surface area contributed by atoms with Crippen LogP contribution in [0.5, 0.6) is 0 Å². The van der Waals surface area contributed by atoms with Crippen molar-refractivity contribution in [2.24, 2.45) is 0 Å². The number of nitrogens with zero attached hydrogens (tertiary/aromatic N) is 1. The molecule has 0 spiro atoms. The standard InChI is InChI=1S/C16H15ClN2O2S/c1-10-16(21)18-8-9-19(10)14(20)7-6-13-15(17)11-4-2-3-5-12(11)22-13/h2-7,10H,8-9H2,1H3,(H,18,21)/b7-6+. The van der Waals surface area contributed by atoms with Gasteiger partial charge in [-0.15, -0.1) is 11.3 Å². The highest BCUT2D eigenvalue weighted by atomic mass is 35.5. The summed E-state index contributed by atoms with van der Waals surface area (Å²) in [6.45, 7) is 2.75. The number of benzene rings is 1. The van der Waals surface area contributed by atoms with Gasteiger partial charge in [-0.2, -0.15) is 0 Å². The molecule has 3 rings (SSSR count). The van der Waals surface area contributed by atoms with Crippen molar-refractivity contribution in [2.45, 2.75) is 13.0 Å². The Morgan fingerprint density at radius 2 is 2.23 bits per heavy atom. The van der Waals surface area contributed by atoms with E-state index in [-0.39, 0.29) is 11.8 Å². The van der Waals surface area contributed by atoms with E-state index in [1.54, 1.807) is 29.2 Å². The number of halogens is 1. The van der Waals surface area contributed by atoms with E-state index in [0.717, 1.165) is 15.0 Å². The molecule has 22 heavy (non-hydrogen) atoms. The van der Waals surface area contributed by atoms with Crippen LogP contribution in [0.3, 0.4) is 0 Å². The first-order chi connectivity index (χ1) is 10.6. The zero-order valence-corrected chi connectivity index (χ0v) is 13.6. The number of piperazine rings is 1. The summed E-state index contributed by atoms with van der Waals surface area (Å²) >= 11 is 7.89. The van der Waals surface area contributed by atoms with Gasteiger partial charge >= 0.3 is 0 Å². The minimum Gasteiger partial charge on any atom is -0.353 e. The third kappa shape index (κ3) is 2.74. The zero-order chi connectivity index (χ0) is 15.7. The first-order valence-corrected chi connectivity index (χ1v) is 8.21. The molecule has 0 saturated carbocycles. The second kappa shape index (κ2) is 6.10. The average Bonchev–Trinajstić information content (AvgIpc) is 2.84. The zero-order valence-electron chi connectivity index (χ0n) is 12.0. The normalized spacial score (nSPS) is 18.9. The first-order valence-electron chi connectivity index (χ1n) is 7.01. The molecule has 2 amide bonds. The van der Waals surface area contributed by atoms with E-state index in [2.05, 4.69) is 5.32 Å². The Morgan fingerprint density at radius 1 is 1.45 bits per heavy atom. The van der Waals surface area contributed by atoms with E-state index >= 15 is 0 Å². The van der Waals surface area contributed by atoms with Crippen LogP contribution in [0, 0.1) is 0 Å². The second-order valence-electron chi connectivity index (χ2n) is 5.11. The van der Waals surface area contributed by atoms with E-state index < -0.39 is 6.04 Å². The Kier molecular flexibility index (Phi) is 4.18. The van der Waals surface area contributed by atoms with Crippen LogP contribution < -0.4 is 5.32 Å². The molecule has 4 nitrogen and oxygen atoms in total. The minimum atomic E-state index is -0.441. The van der Waals surface area contributed by atoms with Crippen molar-refractivity contribution in [2.75, 3.05) is 13.1 Å². The third-order valence-electron chi connectivity index (χ3n) is 3.72. The minimum absolute atomic E-state index is 0.118. The fourth-order valence-corrected chi connectivity index (χ4v) is 3.87. The molecule has 1 aliphatic heterocycles. The van der Waals surface area contributed by atoms with Crippen LogP contribution in [0.15, 0.2) is 30.3 Å². The average molecular weight is 335 g/mol. The van der Waals surface area contributed by atoms with E-state index in [9.17, 15) is 9.59 Å². The summed E-state index contributed by atoms with van der Waals surface area (Å²) in [5, 5.41) is 4.40. The van der Waals surface area contributed by atoms with Crippen molar-refractivity contribution in [1.29, 1.82) is 0 Å².